The molecule has 1 saturated heterocycles. The second-order valence-corrected chi connectivity index (χ2v) is 8.36. The molecule has 2 N–H and O–H groups in total. The Balaban J connectivity index is 1.60. The predicted molar refractivity (Wildman–Crippen MR) is 121 cm³/mol. The van der Waals surface area contributed by atoms with Gasteiger partial charge in [0, 0.05) is 31.6 Å². The van der Waals surface area contributed by atoms with Gasteiger partial charge in [-0.05, 0) is 36.6 Å². The molecule has 0 saturated carbocycles. The number of carbonyl (C=O) groups is 1. The third kappa shape index (κ3) is 4.46. The number of fused-ring (bicyclic) bond motifs is 1. The topological polar surface area (TPSA) is 89.8 Å². The Kier molecular flexibility index (Phi) is 6.04. The molecule has 7 nitrogen and oxygen atoms in total. The molecular weight excluding hydrogens is 392 g/mol. The van der Waals surface area contributed by atoms with Gasteiger partial charge in [0.1, 0.15) is 17.7 Å². The summed E-state index contributed by atoms with van der Waals surface area (Å²) in [6, 6.07) is 14.9. The van der Waals surface area contributed by atoms with E-state index in [1.165, 1.54) is 0 Å². The molecule has 2 aromatic carbocycles. The number of phenols is 1. The van der Waals surface area contributed by atoms with E-state index in [0.29, 0.717) is 44.0 Å². The number of carbonyl (C=O) groups excluding carboxylic acids is 1. The molecule has 1 aliphatic heterocycles. The molecule has 162 valence electrons. The Morgan fingerprint density at radius 2 is 1.68 bits per heavy atom. The van der Waals surface area contributed by atoms with Gasteiger partial charge in [-0.3, -0.25) is 4.79 Å². The highest BCUT2D eigenvalue weighted by atomic mass is 16.3. The van der Waals surface area contributed by atoms with Crippen LogP contribution in [0.5, 0.6) is 5.75 Å². The summed E-state index contributed by atoms with van der Waals surface area (Å²) < 4.78 is 0. The lowest BCUT2D eigenvalue weighted by Gasteiger charge is -2.37. The maximum Gasteiger partial charge on any atom is 0.251 e. The molecule has 0 unspecified atom stereocenters. The van der Waals surface area contributed by atoms with E-state index in [2.05, 4.69) is 9.88 Å². The Morgan fingerprint density at radius 1 is 1.00 bits per heavy atom. The van der Waals surface area contributed by atoms with Crippen LogP contribution < -0.4 is 4.90 Å². The van der Waals surface area contributed by atoms with Crippen molar-refractivity contribution in [2.24, 2.45) is 5.92 Å². The van der Waals surface area contributed by atoms with E-state index >= 15 is 0 Å². The van der Waals surface area contributed by atoms with Crippen LogP contribution in [0.1, 0.15) is 20.3 Å². The lowest BCUT2D eigenvalue weighted by atomic mass is 10.0. The summed E-state index contributed by atoms with van der Waals surface area (Å²) in [4.78, 5) is 25.9. The first kappa shape index (κ1) is 21.1. The molecule has 0 bridgehead atoms. The van der Waals surface area contributed by atoms with E-state index in [0.717, 1.165) is 16.7 Å². The third-order valence-corrected chi connectivity index (χ3v) is 5.60. The monoisotopic (exact) mass is 420 g/mol. The highest BCUT2D eigenvalue weighted by Crippen LogP contribution is 2.31. The zero-order valence-corrected chi connectivity index (χ0v) is 17.9. The predicted octanol–water partition coefficient (Wildman–Crippen LogP) is 3.06. The van der Waals surface area contributed by atoms with Crippen molar-refractivity contribution in [2.45, 2.75) is 26.4 Å². The number of piperazine rings is 1. The van der Waals surface area contributed by atoms with Crippen molar-refractivity contribution < 1.29 is 15.0 Å². The fraction of sp³-hybridized carbons (Fsp3) is 0.375. The summed E-state index contributed by atoms with van der Waals surface area (Å²) in [5.41, 5.74) is 1.39. The molecule has 4 rings (SSSR count). The number of para-hydroxylation sites is 2. The summed E-state index contributed by atoms with van der Waals surface area (Å²) in [5.74, 6) is 1.46. The molecule has 0 spiro atoms. The van der Waals surface area contributed by atoms with Crippen molar-refractivity contribution >= 4 is 22.6 Å². The van der Waals surface area contributed by atoms with Gasteiger partial charge in [-0.15, -0.1) is 0 Å². The molecule has 1 atom stereocenters. The summed E-state index contributed by atoms with van der Waals surface area (Å²) in [7, 11) is 0. The van der Waals surface area contributed by atoms with Gasteiger partial charge in [-0.25, -0.2) is 9.97 Å². The van der Waals surface area contributed by atoms with Crippen LogP contribution in [0.2, 0.25) is 0 Å². The van der Waals surface area contributed by atoms with Gasteiger partial charge in [0.05, 0.1) is 11.1 Å². The highest BCUT2D eigenvalue weighted by molar-refractivity contribution is 5.91. The van der Waals surface area contributed by atoms with Crippen molar-refractivity contribution in [3.05, 3.63) is 48.5 Å². The van der Waals surface area contributed by atoms with Crippen molar-refractivity contribution in [2.75, 3.05) is 31.1 Å². The Labute approximate surface area is 182 Å². The second-order valence-electron chi connectivity index (χ2n) is 8.36. The number of nitrogens with zero attached hydrogens (tertiary/aromatic N) is 4. The smallest absolute Gasteiger partial charge is 0.251 e. The van der Waals surface area contributed by atoms with Crippen LogP contribution in [0.25, 0.3) is 22.3 Å². The fourth-order valence-corrected chi connectivity index (χ4v) is 3.98. The number of hydrogen-bond donors (Lipinski definition) is 2. The van der Waals surface area contributed by atoms with Gasteiger partial charge < -0.3 is 20.0 Å². The van der Waals surface area contributed by atoms with Crippen LogP contribution >= 0.6 is 0 Å². The van der Waals surface area contributed by atoms with E-state index in [1.807, 2.05) is 44.2 Å². The highest BCUT2D eigenvalue weighted by Gasteiger charge is 2.28. The molecule has 0 aliphatic carbocycles. The van der Waals surface area contributed by atoms with E-state index in [1.54, 1.807) is 23.1 Å². The molecular formula is C24H28N4O3. The Morgan fingerprint density at radius 3 is 2.39 bits per heavy atom. The zero-order chi connectivity index (χ0) is 22.0. The van der Waals surface area contributed by atoms with Crippen LogP contribution in [0.15, 0.2) is 48.5 Å². The maximum absolute atomic E-state index is 12.6. The molecule has 1 aromatic heterocycles. The standard InChI is InChI=1S/C24H28N4O3/c1-16(2)15-21(30)24(31)28-13-11-27(12-14-28)23-17-7-3-5-9-19(17)25-22(26-23)18-8-4-6-10-20(18)29/h3-10,16,21,29-30H,11-15H2,1-2H3/t21-/m1/s1. The van der Waals surface area contributed by atoms with E-state index in [4.69, 9.17) is 4.98 Å². The molecule has 31 heavy (non-hydrogen) atoms. The number of rotatable bonds is 5. The zero-order valence-electron chi connectivity index (χ0n) is 17.9. The average molecular weight is 421 g/mol. The molecule has 2 heterocycles. The molecule has 1 aliphatic rings. The van der Waals surface area contributed by atoms with Crippen molar-refractivity contribution in [1.29, 1.82) is 0 Å². The quantitative estimate of drug-likeness (QED) is 0.659. The SMILES string of the molecule is CC(C)C[C@@H](O)C(=O)N1CCN(c2nc(-c3ccccc3O)nc3ccccc23)CC1. The first-order valence-electron chi connectivity index (χ1n) is 10.7. The van der Waals surface area contributed by atoms with Crippen molar-refractivity contribution in [3.63, 3.8) is 0 Å². The number of aliphatic hydroxyl groups is 1. The third-order valence-electron chi connectivity index (χ3n) is 5.60. The first-order valence-corrected chi connectivity index (χ1v) is 10.7. The number of anilines is 1. The normalized spacial score (nSPS) is 15.5. The molecule has 1 fully saturated rings. The van der Waals surface area contributed by atoms with Crippen molar-refractivity contribution in [3.8, 4) is 17.1 Å². The first-order chi connectivity index (χ1) is 14.9. The number of hydrogen-bond acceptors (Lipinski definition) is 6. The largest absolute Gasteiger partial charge is 0.507 e. The van der Waals surface area contributed by atoms with Gasteiger partial charge in [-0.1, -0.05) is 38.1 Å². The lowest BCUT2D eigenvalue weighted by Crippen LogP contribution is -2.52. The molecule has 0 radical (unpaired) electrons. The average Bonchev–Trinajstić information content (AvgIpc) is 2.78. The second kappa shape index (κ2) is 8.89. The van der Waals surface area contributed by atoms with Gasteiger partial charge in [-0.2, -0.15) is 0 Å². The molecule has 7 heteroatoms. The maximum atomic E-state index is 12.6. The van der Waals surface area contributed by atoms with Crippen molar-refractivity contribution in [1.82, 2.24) is 14.9 Å². The van der Waals surface area contributed by atoms with Gasteiger partial charge >= 0.3 is 0 Å². The Hall–Kier alpha value is -3.19. The van der Waals surface area contributed by atoms with Gasteiger partial charge in [0.25, 0.3) is 5.91 Å². The number of aliphatic hydroxyl groups excluding tert-OH is 1. The van der Waals surface area contributed by atoms with Crippen LogP contribution in [0, 0.1) is 5.92 Å². The fourth-order valence-electron chi connectivity index (χ4n) is 3.98. The number of aromatic nitrogens is 2. The molecule has 1 amide bonds. The number of phenolic OH excluding ortho intramolecular Hbond substituents is 1. The summed E-state index contributed by atoms with van der Waals surface area (Å²) in [6.07, 6.45) is -0.474. The molecule has 3 aromatic rings. The lowest BCUT2D eigenvalue weighted by molar-refractivity contribution is -0.141. The minimum absolute atomic E-state index is 0.137. The van der Waals surface area contributed by atoms with Crippen LogP contribution in [0.4, 0.5) is 5.82 Å². The van der Waals surface area contributed by atoms with E-state index in [9.17, 15) is 15.0 Å². The van der Waals surface area contributed by atoms with E-state index in [-0.39, 0.29) is 17.6 Å². The minimum atomic E-state index is -0.945. The summed E-state index contributed by atoms with van der Waals surface area (Å²) in [6.45, 7) is 6.27. The number of aromatic hydroxyl groups is 1. The Bertz CT molecular complexity index is 1080. The van der Waals surface area contributed by atoms with Crippen LogP contribution in [-0.4, -0.2) is 63.3 Å². The van der Waals surface area contributed by atoms with Gasteiger partial charge in [0.15, 0.2) is 5.82 Å². The minimum Gasteiger partial charge on any atom is -0.507 e. The summed E-state index contributed by atoms with van der Waals surface area (Å²) >= 11 is 0. The number of amides is 1. The number of benzene rings is 2. The summed E-state index contributed by atoms with van der Waals surface area (Å²) in [5, 5.41) is 21.4. The van der Waals surface area contributed by atoms with Crippen LogP contribution in [0.3, 0.4) is 0 Å². The van der Waals surface area contributed by atoms with Gasteiger partial charge in [0.2, 0.25) is 0 Å². The van der Waals surface area contributed by atoms with E-state index < -0.39 is 6.10 Å². The van der Waals surface area contributed by atoms with Crippen LogP contribution in [-0.2, 0) is 4.79 Å².